The number of hydrogen-bond acceptors (Lipinski definition) is 4. The molecule has 0 saturated heterocycles. The van der Waals surface area contributed by atoms with E-state index in [4.69, 9.17) is 5.73 Å². The van der Waals surface area contributed by atoms with Crippen molar-refractivity contribution in [1.82, 2.24) is 10.2 Å². The monoisotopic (exact) mass is 213 g/mol. The van der Waals surface area contributed by atoms with Crippen molar-refractivity contribution in [2.75, 3.05) is 19.6 Å². The lowest BCUT2D eigenvalue weighted by Crippen LogP contribution is -2.38. The number of nitrogens with one attached hydrogen (secondary N) is 1. The summed E-state index contributed by atoms with van der Waals surface area (Å²) in [4.78, 5) is 23.5. The van der Waals surface area contributed by atoms with Crippen LogP contribution >= 0.6 is 0 Å². The molecule has 0 bridgehead atoms. The highest BCUT2D eigenvalue weighted by Crippen LogP contribution is 2.08. The van der Waals surface area contributed by atoms with Crippen LogP contribution in [-0.2, 0) is 9.59 Å². The molecule has 2 amide bonds. The third-order valence-electron chi connectivity index (χ3n) is 2.06. The number of amides is 2. The van der Waals surface area contributed by atoms with Gasteiger partial charge in [-0.05, 0) is 6.08 Å². The van der Waals surface area contributed by atoms with Crippen LogP contribution in [0.25, 0.3) is 0 Å². The molecular weight excluding hydrogens is 198 g/mol. The lowest BCUT2D eigenvalue weighted by atomic mass is 10.3. The van der Waals surface area contributed by atoms with Crippen molar-refractivity contribution in [1.29, 1.82) is 0 Å². The maximum atomic E-state index is 11.2. The van der Waals surface area contributed by atoms with Crippen LogP contribution in [0.5, 0.6) is 0 Å². The van der Waals surface area contributed by atoms with Gasteiger partial charge in [0, 0.05) is 32.1 Å². The Morgan fingerprint density at radius 3 is 2.93 bits per heavy atom. The topological polar surface area (TPSA) is 95.7 Å². The van der Waals surface area contributed by atoms with Gasteiger partial charge in [0.25, 0.3) is 0 Å². The van der Waals surface area contributed by atoms with E-state index in [1.807, 2.05) is 0 Å². The molecular formula is C9H15N3O3. The van der Waals surface area contributed by atoms with Gasteiger partial charge >= 0.3 is 0 Å². The molecule has 0 aromatic carbocycles. The highest BCUT2D eigenvalue weighted by Gasteiger charge is 2.23. The molecule has 1 aliphatic heterocycles. The molecule has 0 radical (unpaired) electrons. The highest BCUT2D eigenvalue weighted by atomic mass is 16.3. The van der Waals surface area contributed by atoms with Gasteiger partial charge in [-0.2, -0.15) is 0 Å². The number of rotatable bonds is 5. The largest absolute Gasteiger partial charge is 0.370 e. The average molecular weight is 213 g/mol. The third kappa shape index (κ3) is 3.34. The zero-order chi connectivity index (χ0) is 11.3. The van der Waals surface area contributed by atoms with Crippen molar-refractivity contribution in [3.8, 4) is 0 Å². The summed E-state index contributed by atoms with van der Waals surface area (Å²) in [7, 11) is 0. The van der Waals surface area contributed by atoms with Gasteiger partial charge in [-0.1, -0.05) is 0 Å². The zero-order valence-electron chi connectivity index (χ0n) is 8.35. The van der Waals surface area contributed by atoms with E-state index in [9.17, 15) is 14.7 Å². The number of carbonyl (C=O) groups is 2. The molecule has 1 rings (SSSR count). The van der Waals surface area contributed by atoms with Crippen molar-refractivity contribution < 1.29 is 14.7 Å². The van der Waals surface area contributed by atoms with Crippen LogP contribution in [0.15, 0.2) is 12.2 Å². The second kappa shape index (κ2) is 5.47. The molecule has 0 aliphatic carbocycles. The summed E-state index contributed by atoms with van der Waals surface area (Å²) in [5.41, 5.74) is 5.21. The van der Waals surface area contributed by atoms with Crippen LogP contribution in [0.3, 0.4) is 0 Å². The molecule has 1 atom stereocenters. The van der Waals surface area contributed by atoms with E-state index in [1.165, 1.54) is 17.1 Å². The van der Waals surface area contributed by atoms with Gasteiger partial charge in [0.15, 0.2) is 0 Å². The summed E-state index contributed by atoms with van der Waals surface area (Å²) in [6.07, 6.45) is 1.95. The van der Waals surface area contributed by atoms with Crippen LogP contribution < -0.4 is 11.1 Å². The molecule has 0 aromatic heterocycles. The summed E-state index contributed by atoms with van der Waals surface area (Å²) < 4.78 is 0. The van der Waals surface area contributed by atoms with Crippen molar-refractivity contribution in [2.24, 2.45) is 5.73 Å². The van der Waals surface area contributed by atoms with E-state index in [-0.39, 0.29) is 24.8 Å². The van der Waals surface area contributed by atoms with E-state index in [1.54, 1.807) is 0 Å². The maximum Gasteiger partial charge on any atom is 0.248 e. The van der Waals surface area contributed by atoms with Gasteiger partial charge in [-0.3, -0.25) is 9.59 Å². The fourth-order valence-corrected chi connectivity index (χ4v) is 1.26. The second-order valence-electron chi connectivity index (χ2n) is 3.19. The number of nitrogens with zero attached hydrogens (tertiary/aromatic N) is 1. The Morgan fingerprint density at radius 2 is 2.40 bits per heavy atom. The number of carbonyl (C=O) groups excluding carboxylic acids is 2. The second-order valence-corrected chi connectivity index (χ2v) is 3.19. The summed E-state index contributed by atoms with van der Waals surface area (Å²) in [6.45, 7) is 1.02. The minimum absolute atomic E-state index is 0.171. The van der Waals surface area contributed by atoms with E-state index < -0.39 is 6.23 Å². The normalized spacial score (nSPS) is 19.7. The summed E-state index contributed by atoms with van der Waals surface area (Å²) >= 11 is 0. The van der Waals surface area contributed by atoms with Crippen LogP contribution in [0, 0.1) is 0 Å². The fraction of sp³-hybridized carbons (Fsp3) is 0.556. The molecule has 4 N–H and O–H groups in total. The molecule has 84 valence electrons. The van der Waals surface area contributed by atoms with Gasteiger partial charge in [-0.15, -0.1) is 0 Å². The Balaban J connectivity index is 2.25. The average Bonchev–Trinajstić information content (AvgIpc) is 2.53. The number of aliphatic hydroxyl groups excluding tert-OH is 1. The van der Waals surface area contributed by atoms with Crippen molar-refractivity contribution >= 4 is 11.8 Å². The molecule has 1 unspecified atom stereocenters. The summed E-state index contributed by atoms with van der Waals surface area (Å²) in [5, 5.41) is 11.9. The minimum atomic E-state index is -0.903. The Morgan fingerprint density at radius 1 is 1.67 bits per heavy atom. The molecule has 6 heteroatoms. The molecule has 0 spiro atoms. The summed E-state index contributed by atoms with van der Waals surface area (Å²) in [6, 6.07) is 0. The molecule has 0 aromatic rings. The zero-order valence-corrected chi connectivity index (χ0v) is 8.35. The van der Waals surface area contributed by atoms with Gasteiger partial charge in [0.1, 0.15) is 6.23 Å². The molecule has 1 heterocycles. The van der Waals surface area contributed by atoms with Gasteiger partial charge in [0.05, 0.1) is 0 Å². The first-order chi connectivity index (χ1) is 7.15. The molecule has 0 saturated carbocycles. The molecule has 6 nitrogen and oxygen atoms in total. The summed E-state index contributed by atoms with van der Waals surface area (Å²) in [5.74, 6) is -0.443. The van der Waals surface area contributed by atoms with E-state index in [2.05, 4.69) is 5.32 Å². The smallest absolute Gasteiger partial charge is 0.248 e. The third-order valence-corrected chi connectivity index (χ3v) is 2.06. The van der Waals surface area contributed by atoms with Crippen LogP contribution in [-0.4, -0.2) is 47.7 Å². The Kier molecular flexibility index (Phi) is 4.26. The predicted octanol–water partition coefficient (Wildman–Crippen LogP) is -1.83. The van der Waals surface area contributed by atoms with E-state index in [0.29, 0.717) is 13.1 Å². The molecule has 1 aliphatic rings. The fourth-order valence-electron chi connectivity index (χ4n) is 1.26. The first-order valence-corrected chi connectivity index (χ1v) is 4.79. The van der Waals surface area contributed by atoms with Crippen molar-refractivity contribution in [3.05, 3.63) is 12.2 Å². The first-order valence-electron chi connectivity index (χ1n) is 4.79. The first kappa shape index (κ1) is 11.7. The van der Waals surface area contributed by atoms with Crippen molar-refractivity contribution in [2.45, 2.75) is 12.6 Å². The number of hydrogen-bond donors (Lipinski definition) is 3. The highest BCUT2D eigenvalue weighted by molar-refractivity contribution is 5.90. The number of aliphatic hydroxyl groups is 1. The molecule has 0 fully saturated rings. The van der Waals surface area contributed by atoms with Gasteiger partial charge in [0.2, 0.25) is 11.8 Å². The molecule has 15 heavy (non-hydrogen) atoms. The lowest BCUT2D eigenvalue weighted by Gasteiger charge is -2.19. The van der Waals surface area contributed by atoms with Gasteiger partial charge in [-0.25, -0.2) is 0 Å². The van der Waals surface area contributed by atoms with Crippen LogP contribution in [0.4, 0.5) is 0 Å². The standard InChI is InChI=1S/C9H15N3O3/c10-4-5-11-7(13)3-6-12-8(14)1-2-9(12)15/h1-2,8,14H,3-6,10H2,(H,11,13). The number of nitrogens with two attached hydrogens (primary N) is 1. The Labute approximate surface area is 87.7 Å². The van der Waals surface area contributed by atoms with Gasteiger partial charge < -0.3 is 21.1 Å². The van der Waals surface area contributed by atoms with E-state index in [0.717, 1.165) is 0 Å². The lowest BCUT2D eigenvalue weighted by molar-refractivity contribution is -0.131. The van der Waals surface area contributed by atoms with E-state index >= 15 is 0 Å². The minimum Gasteiger partial charge on any atom is -0.370 e. The quantitative estimate of drug-likeness (QED) is 0.500. The van der Waals surface area contributed by atoms with Crippen LogP contribution in [0.2, 0.25) is 0 Å². The SMILES string of the molecule is NCCNC(=O)CCN1C(=O)C=CC1O. The Hall–Kier alpha value is -1.40. The maximum absolute atomic E-state index is 11.2. The van der Waals surface area contributed by atoms with Crippen LogP contribution in [0.1, 0.15) is 6.42 Å². The Bertz CT molecular complexity index is 278. The van der Waals surface area contributed by atoms with Crippen molar-refractivity contribution in [3.63, 3.8) is 0 Å². The predicted molar refractivity (Wildman–Crippen MR) is 53.5 cm³/mol.